The Kier molecular flexibility index (Phi) is 5.01. The number of fused-ring (bicyclic) bond motifs is 4. The highest BCUT2D eigenvalue weighted by Gasteiger charge is 2.30. The lowest BCUT2D eigenvalue weighted by Crippen LogP contribution is -2.31. The van der Waals surface area contributed by atoms with Gasteiger partial charge in [0.1, 0.15) is 17.1 Å². The molecule has 4 aromatic heterocycles. The molecule has 1 aliphatic carbocycles. The number of rotatable bonds is 4. The van der Waals surface area contributed by atoms with Crippen LogP contribution in [0, 0.1) is 0 Å². The maximum atomic E-state index is 13.2. The van der Waals surface area contributed by atoms with Crippen molar-refractivity contribution in [1.29, 1.82) is 0 Å². The van der Waals surface area contributed by atoms with Gasteiger partial charge in [0, 0.05) is 22.4 Å². The highest BCUT2D eigenvalue weighted by molar-refractivity contribution is 6.25. The maximum absolute atomic E-state index is 13.2. The van der Waals surface area contributed by atoms with Crippen molar-refractivity contribution < 1.29 is 28.3 Å². The third kappa shape index (κ3) is 3.59. The van der Waals surface area contributed by atoms with Crippen LogP contribution in [0.15, 0.2) is 77.1 Å². The lowest BCUT2D eigenvalue weighted by atomic mass is 9.96. The molecule has 0 saturated carbocycles. The third-order valence-electron chi connectivity index (χ3n) is 6.02. The second kappa shape index (κ2) is 8.38. The summed E-state index contributed by atoms with van der Waals surface area (Å²) < 4.78 is 9.93. The zero-order valence-electron chi connectivity index (χ0n) is 19.2. The summed E-state index contributed by atoms with van der Waals surface area (Å²) in [7, 11) is 1.26. The fourth-order valence-corrected chi connectivity index (χ4v) is 4.29. The fourth-order valence-electron chi connectivity index (χ4n) is 4.29. The zero-order chi connectivity index (χ0) is 25.7. The first-order chi connectivity index (χ1) is 17.9. The molecule has 5 aromatic rings. The fraction of sp³-hybridized carbons (Fsp3) is 0.0370. The Morgan fingerprint density at radius 1 is 0.973 bits per heavy atom. The molecule has 0 aliphatic heterocycles. The summed E-state index contributed by atoms with van der Waals surface area (Å²) >= 11 is 0. The molecule has 0 unspecified atom stereocenters. The molecular formula is C27H16N4O6. The van der Waals surface area contributed by atoms with Gasteiger partial charge in [-0.25, -0.2) is 14.8 Å². The van der Waals surface area contributed by atoms with Crippen LogP contribution in [0.25, 0.3) is 33.2 Å². The Morgan fingerprint density at radius 3 is 2.59 bits per heavy atom. The average Bonchev–Trinajstić information content (AvgIpc) is 3.59. The molecule has 0 atom stereocenters. The third-order valence-corrected chi connectivity index (χ3v) is 6.02. The van der Waals surface area contributed by atoms with Crippen LogP contribution in [-0.2, 0) is 4.74 Å². The number of hydrogen-bond donors (Lipinski definition) is 2. The van der Waals surface area contributed by atoms with Crippen LogP contribution >= 0.6 is 0 Å². The monoisotopic (exact) mass is 492 g/mol. The average molecular weight is 492 g/mol. The number of hydrogen-bond acceptors (Lipinski definition) is 8. The van der Waals surface area contributed by atoms with Crippen LogP contribution in [0.2, 0.25) is 0 Å². The van der Waals surface area contributed by atoms with E-state index in [0.29, 0.717) is 16.6 Å². The highest BCUT2D eigenvalue weighted by atomic mass is 16.5. The highest BCUT2D eigenvalue weighted by Crippen LogP contribution is 2.33. The predicted molar refractivity (Wildman–Crippen MR) is 131 cm³/mol. The molecular weight excluding hydrogens is 476 g/mol. The van der Waals surface area contributed by atoms with Crippen molar-refractivity contribution in [3.63, 3.8) is 0 Å². The second-order valence-electron chi connectivity index (χ2n) is 8.22. The summed E-state index contributed by atoms with van der Waals surface area (Å²) in [5, 5.41) is 3.99. The minimum atomic E-state index is -0.677. The first-order valence-corrected chi connectivity index (χ1v) is 11.1. The first-order valence-electron chi connectivity index (χ1n) is 11.1. The summed E-state index contributed by atoms with van der Waals surface area (Å²) in [4.78, 5) is 63.0. The van der Waals surface area contributed by atoms with Crippen molar-refractivity contribution in [2.45, 2.75) is 0 Å². The molecule has 10 heteroatoms. The first kappa shape index (κ1) is 22.1. The number of ketones is 2. The molecule has 6 rings (SSSR count). The predicted octanol–water partition coefficient (Wildman–Crippen LogP) is 3.85. The number of carbonyl (C=O) groups is 4. The van der Waals surface area contributed by atoms with Gasteiger partial charge in [-0.05, 0) is 36.4 Å². The number of Topliss-reactive ketones (excluding diaryl/α,β-unsaturated/α-hetero) is 1. The number of aromatic nitrogens is 3. The van der Waals surface area contributed by atoms with Crippen LogP contribution in [0.4, 0.5) is 0 Å². The van der Waals surface area contributed by atoms with Crippen molar-refractivity contribution in [3.8, 4) is 11.4 Å². The number of methoxy groups -OCH3 is 1. The Labute approximate surface area is 208 Å². The van der Waals surface area contributed by atoms with Crippen molar-refractivity contribution >= 4 is 45.2 Å². The van der Waals surface area contributed by atoms with Crippen LogP contribution in [-0.4, -0.2) is 45.5 Å². The van der Waals surface area contributed by atoms with Crippen molar-refractivity contribution in [2.75, 3.05) is 7.11 Å². The van der Waals surface area contributed by atoms with Gasteiger partial charge in [-0.3, -0.25) is 14.4 Å². The van der Waals surface area contributed by atoms with Gasteiger partial charge in [-0.2, -0.15) is 0 Å². The Balaban J connectivity index is 1.48. The van der Waals surface area contributed by atoms with E-state index < -0.39 is 23.4 Å². The molecule has 10 nitrogen and oxygen atoms in total. The van der Waals surface area contributed by atoms with E-state index in [1.807, 2.05) is 24.3 Å². The van der Waals surface area contributed by atoms with Crippen LogP contribution in [0.1, 0.15) is 41.9 Å². The lowest BCUT2D eigenvalue weighted by Gasteiger charge is -2.16. The normalized spacial score (nSPS) is 12.9. The SMILES string of the molecule is COC(=O)c1cc2c([nH]c3ccccc32)c(-c2ccc3c(n2)C(=O)C(NC(=O)c2ccco2)=CC3=O)n1. The summed E-state index contributed by atoms with van der Waals surface area (Å²) in [5.41, 5.74) is 1.73. The molecule has 37 heavy (non-hydrogen) atoms. The van der Waals surface area contributed by atoms with Gasteiger partial charge in [0.2, 0.25) is 5.78 Å². The molecule has 0 saturated heterocycles. The number of carbonyl (C=O) groups excluding carboxylic acids is 4. The Bertz CT molecular complexity index is 1810. The number of benzene rings is 1. The van der Waals surface area contributed by atoms with Gasteiger partial charge in [0.15, 0.2) is 11.5 Å². The van der Waals surface area contributed by atoms with Gasteiger partial charge < -0.3 is 19.5 Å². The number of ether oxygens (including phenoxy) is 1. The number of pyridine rings is 2. The van der Waals surface area contributed by atoms with E-state index in [1.54, 1.807) is 12.1 Å². The molecule has 1 amide bonds. The number of nitrogens with one attached hydrogen (secondary N) is 2. The van der Waals surface area contributed by atoms with Crippen LogP contribution in [0.3, 0.4) is 0 Å². The van der Waals surface area contributed by atoms with Gasteiger partial charge in [-0.1, -0.05) is 18.2 Å². The number of allylic oxidation sites excluding steroid dienone is 2. The maximum Gasteiger partial charge on any atom is 0.356 e. The molecule has 0 fully saturated rings. The number of H-pyrrole nitrogens is 1. The largest absolute Gasteiger partial charge is 0.464 e. The van der Waals surface area contributed by atoms with Crippen molar-refractivity contribution in [1.82, 2.24) is 20.3 Å². The summed E-state index contributed by atoms with van der Waals surface area (Å²) in [6.07, 6.45) is 2.37. The molecule has 1 aliphatic rings. The number of nitrogens with zero attached hydrogens (tertiary/aromatic N) is 2. The van der Waals surface area contributed by atoms with E-state index in [-0.39, 0.29) is 34.1 Å². The number of esters is 1. The summed E-state index contributed by atoms with van der Waals surface area (Å²) in [5.74, 6) is -2.46. The minimum absolute atomic E-state index is 0.0151. The molecule has 4 heterocycles. The standard InChI is InChI=1S/C27H16N4O6/c1-36-27(35)19-11-15-13-5-2-3-6-16(13)28-22(15)24(30-19)17-9-8-14-20(32)12-18(25(33)23(14)29-17)31-26(34)21-7-4-10-37-21/h2-12,28H,1H3,(H,31,34). The molecule has 180 valence electrons. The lowest BCUT2D eigenvalue weighted by molar-refractivity contribution is 0.0594. The molecule has 1 aromatic carbocycles. The Morgan fingerprint density at radius 2 is 1.81 bits per heavy atom. The zero-order valence-corrected chi connectivity index (χ0v) is 19.2. The summed E-state index contributed by atoms with van der Waals surface area (Å²) in [6.45, 7) is 0. The van der Waals surface area contributed by atoms with Crippen molar-refractivity contribution in [2.24, 2.45) is 0 Å². The van der Waals surface area contributed by atoms with Crippen molar-refractivity contribution in [3.05, 3.63) is 95.3 Å². The van der Waals surface area contributed by atoms with Crippen LogP contribution < -0.4 is 5.32 Å². The number of furan rings is 1. The molecule has 2 N–H and O–H groups in total. The molecule has 0 radical (unpaired) electrons. The van der Waals surface area contributed by atoms with E-state index in [9.17, 15) is 19.2 Å². The number of aromatic amines is 1. The molecule has 0 spiro atoms. The van der Waals surface area contributed by atoms with Crippen LogP contribution in [0.5, 0.6) is 0 Å². The van der Waals surface area contributed by atoms with E-state index in [2.05, 4.69) is 20.3 Å². The van der Waals surface area contributed by atoms with Gasteiger partial charge in [-0.15, -0.1) is 0 Å². The number of para-hydroxylation sites is 1. The van der Waals surface area contributed by atoms with E-state index in [1.165, 1.54) is 31.6 Å². The van der Waals surface area contributed by atoms with E-state index >= 15 is 0 Å². The second-order valence-corrected chi connectivity index (χ2v) is 8.22. The quantitative estimate of drug-likeness (QED) is 0.360. The van der Waals surface area contributed by atoms with E-state index in [0.717, 1.165) is 17.0 Å². The van der Waals surface area contributed by atoms with E-state index in [4.69, 9.17) is 9.15 Å². The van der Waals surface area contributed by atoms with Gasteiger partial charge in [0.05, 0.1) is 35.8 Å². The minimum Gasteiger partial charge on any atom is -0.464 e. The van der Waals surface area contributed by atoms with Gasteiger partial charge >= 0.3 is 5.97 Å². The number of amides is 1. The molecule has 0 bridgehead atoms. The van der Waals surface area contributed by atoms with Gasteiger partial charge in [0.25, 0.3) is 5.91 Å². The smallest absolute Gasteiger partial charge is 0.356 e. The summed E-state index contributed by atoms with van der Waals surface area (Å²) in [6, 6.07) is 15.2. The topological polar surface area (TPSA) is 144 Å². The Hall–Kier alpha value is -5.38.